The van der Waals surface area contributed by atoms with Crippen LogP contribution >= 0.6 is 23.2 Å². The zero-order chi connectivity index (χ0) is 20.8. The number of ether oxygens (including phenoxy) is 2. The molecule has 0 aliphatic heterocycles. The van der Waals surface area contributed by atoms with Crippen LogP contribution in [0.15, 0.2) is 54.6 Å². The third-order valence-electron chi connectivity index (χ3n) is 4.34. The van der Waals surface area contributed by atoms with Gasteiger partial charge in [0.05, 0.1) is 16.7 Å². The second-order valence-electron chi connectivity index (χ2n) is 6.63. The van der Waals surface area contributed by atoms with Gasteiger partial charge in [-0.25, -0.2) is 0 Å². The number of hydrogen-bond acceptors (Lipinski definition) is 4. The van der Waals surface area contributed by atoms with E-state index in [1.165, 1.54) is 5.56 Å². The molecule has 0 radical (unpaired) electrons. The molecule has 0 saturated carbocycles. The fraction of sp³-hybridized carbons (Fsp3) is 0.217. The van der Waals surface area contributed by atoms with Gasteiger partial charge in [0.15, 0.2) is 17.2 Å². The number of phenols is 1. The number of aromatic hydroxyl groups is 1. The molecule has 0 aliphatic carbocycles. The van der Waals surface area contributed by atoms with Crippen LogP contribution in [-0.4, -0.2) is 11.7 Å². The average molecular weight is 432 g/mol. The van der Waals surface area contributed by atoms with E-state index in [0.717, 1.165) is 16.8 Å². The molecular weight excluding hydrogens is 409 g/mol. The Hall–Kier alpha value is -2.56. The average Bonchev–Trinajstić information content (AvgIpc) is 2.71. The summed E-state index contributed by atoms with van der Waals surface area (Å²) in [4.78, 5) is 0. The largest absolute Gasteiger partial charge is 0.505 e. The third kappa shape index (κ3) is 5.72. The number of nitrogens with one attached hydrogen (secondary N) is 1. The minimum absolute atomic E-state index is 0.118. The Labute approximate surface area is 181 Å². The number of rotatable bonds is 8. The first-order valence-electron chi connectivity index (χ1n) is 9.32. The van der Waals surface area contributed by atoms with Crippen molar-refractivity contribution in [3.63, 3.8) is 0 Å². The van der Waals surface area contributed by atoms with Crippen LogP contribution in [0.3, 0.4) is 0 Å². The van der Waals surface area contributed by atoms with Crippen molar-refractivity contribution in [1.82, 2.24) is 0 Å². The van der Waals surface area contributed by atoms with Gasteiger partial charge in [-0.05, 0) is 49.2 Å². The Morgan fingerprint density at radius 1 is 0.862 bits per heavy atom. The Balaban J connectivity index is 1.69. The van der Waals surface area contributed by atoms with E-state index in [1.54, 1.807) is 12.1 Å². The first kappa shape index (κ1) is 21.2. The smallest absolute Gasteiger partial charge is 0.161 e. The summed E-state index contributed by atoms with van der Waals surface area (Å²) < 4.78 is 11.7. The lowest BCUT2D eigenvalue weighted by atomic mass is 10.1. The molecule has 6 heteroatoms. The first-order valence-corrected chi connectivity index (χ1v) is 10.1. The van der Waals surface area contributed by atoms with Gasteiger partial charge in [0.2, 0.25) is 0 Å². The van der Waals surface area contributed by atoms with E-state index in [9.17, 15) is 5.11 Å². The lowest BCUT2D eigenvalue weighted by molar-refractivity contribution is 0.269. The second-order valence-corrected chi connectivity index (χ2v) is 7.44. The van der Waals surface area contributed by atoms with Crippen molar-refractivity contribution in [3.8, 4) is 17.2 Å². The maximum Gasteiger partial charge on any atom is 0.161 e. The van der Waals surface area contributed by atoms with Gasteiger partial charge in [-0.15, -0.1) is 0 Å². The summed E-state index contributed by atoms with van der Waals surface area (Å²) in [6.07, 6.45) is 0. The molecule has 0 unspecified atom stereocenters. The maximum absolute atomic E-state index is 9.67. The zero-order valence-electron chi connectivity index (χ0n) is 16.3. The second kappa shape index (κ2) is 9.77. The number of anilines is 1. The van der Waals surface area contributed by atoms with E-state index in [-0.39, 0.29) is 15.8 Å². The van der Waals surface area contributed by atoms with Crippen LogP contribution < -0.4 is 14.8 Å². The number of benzene rings is 3. The molecule has 0 heterocycles. The van der Waals surface area contributed by atoms with Crippen molar-refractivity contribution in [2.45, 2.75) is 27.0 Å². The van der Waals surface area contributed by atoms with Gasteiger partial charge in [-0.3, -0.25) is 0 Å². The van der Waals surface area contributed by atoms with Gasteiger partial charge in [0.1, 0.15) is 6.61 Å². The van der Waals surface area contributed by atoms with Crippen LogP contribution in [0.1, 0.15) is 23.6 Å². The quantitative estimate of drug-likeness (QED) is 0.394. The predicted molar refractivity (Wildman–Crippen MR) is 119 cm³/mol. The normalized spacial score (nSPS) is 10.6. The molecule has 3 rings (SSSR count). The van der Waals surface area contributed by atoms with E-state index in [0.29, 0.717) is 31.3 Å². The van der Waals surface area contributed by atoms with E-state index >= 15 is 0 Å². The van der Waals surface area contributed by atoms with Crippen molar-refractivity contribution < 1.29 is 14.6 Å². The van der Waals surface area contributed by atoms with Crippen molar-refractivity contribution in [2.24, 2.45) is 0 Å². The molecule has 0 saturated heterocycles. The fourth-order valence-electron chi connectivity index (χ4n) is 2.77. The van der Waals surface area contributed by atoms with E-state index in [1.807, 2.05) is 25.1 Å². The summed E-state index contributed by atoms with van der Waals surface area (Å²) in [5.74, 6) is 1.28. The van der Waals surface area contributed by atoms with Crippen LogP contribution in [0, 0.1) is 6.92 Å². The molecule has 29 heavy (non-hydrogen) atoms. The SMILES string of the molecule is CCOc1cc(CNc2cc(Cl)c(O)c(Cl)c2)ccc1OCc1ccc(C)cc1. The van der Waals surface area contributed by atoms with Gasteiger partial charge in [-0.2, -0.15) is 0 Å². The summed E-state index contributed by atoms with van der Waals surface area (Å²) in [6, 6.07) is 17.3. The van der Waals surface area contributed by atoms with E-state index in [2.05, 4.69) is 36.5 Å². The van der Waals surface area contributed by atoms with Crippen LogP contribution in [0.2, 0.25) is 10.0 Å². The lowest BCUT2D eigenvalue weighted by Gasteiger charge is -2.14. The van der Waals surface area contributed by atoms with E-state index in [4.69, 9.17) is 32.7 Å². The summed E-state index contributed by atoms with van der Waals surface area (Å²) >= 11 is 11.9. The molecule has 0 aromatic heterocycles. The number of phenolic OH excluding ortho intramolecular Hbond substituents is 1. The van der Waals surface area contributed by atoms with Gasteiger partial charge >= 0.3 is 0 Å². The van der Waals surface area contributed by atoms with Gasteiger partial charge in [0.25, 0.3) is 0 Å². The molecule has 3 aromatic rings. The van der Waals surface area contributed by atoms with Crippen LogP contribution in [0.4, 0.5) is 5.69 Å². The highest BCUT2D eigenvalue weighted by atomic mass is 35.5. The molecule has 0 atom stereocenters. The molecule has 152 valence electrons. The van der Waals surface area contributed by atoms with Crippen molar-refractivity contribution in [1.29, 1.82) is 0 Å². The minimum Gasteiger partial charge on any atom is -0.505 e. The Morgan fingerprint density at radius 2 is 1.52 bits per heavy atom. The Kier molecular flexibility index (Phi) is 7.13. The minimum atomic E-state index is -0.118. The maximum atomic E-state index is 9.67. The molecule has 2 N–H and O–H groups in total. The molecule has 3 aromatic carbocycles. The number of hydrogen-bond donors (Lipinski definition) is 2. The molecule has 0 bridgehead atoms. The van der Waals surface area contributed by atoms with Gasteiger partial charge in [-0.1, -0.05) is 59.1 Å². The highest BCUT2D eigenvalue weighted by Gasteiger charge is 2.09. The Bertz CT molecular complexity index is 951. The van der Waals surface area contributed by atoms with Crippen LogP contribution in [0.5, 0.6) is 17.2 Å². The predicted octanol–water partition coefficient (Wildman–Crippen LogP) is 6.60. The van der Waals surface area contributed by atoms with Crippen molar-refractivity contribution >= 4 is 28.9 Å². The topological polar surface area (TPSA) is 50.7 Å². The first-order chi connectivity index (χ1) is 14.0. The molecule has 4 nitrogen and oxygen atoms in total. The van der Waals surface area contributed by atoms with Crippen LogP contribution in [-0.2, 0) is 13.2 Å². The van der Waals surface area contributed by atoms with Crippen molar-refractivity contribution in [2.75, 3.05) is 11.9 Å². The van der Waals surface area contributed by atoms with Crippen LogP contribution in [0.25, 0.3) is 0 Å². The summed E-state index contributed by atoms with van der Waals surface area (Å²) in [7, 11) is 0. The Morgan fingerprint density at radius 3 is 2.17 bits per heavy atom. The van der Waals surface area contributed by atoms with Gasteiger partial charge in [0, 0.05) is 12.2 Å². The number of halogens is 2. The lowest BCUT2D eigenvalue weighted by Crippen LogP contribution is -2.03. The van der Waals surface area contributed by atoms with Crippen molar-refractivity contribution in [3.05, 3.63) is 81.3 Å². The fourth-order valence-corrected chi connectivity index (χ4v) is 3.25. The third-order valence-corrected chi connectivity index (χ3v) is 4.91. The standard InChI is InChI=1S/C23H23Cl2NO3/c1-3-28-22-10-17(13-26-18-11-19(24)23(27)20(25)12-18)8-9-21(22)29-14-16-6-4-15(2)5-7-16/h4-12,26-27H,3,13-14H2,1-2H3. The highest BCUT2D eigenvalue weighted by molar-refractivity contribution is 6.37. The number of aryl methyl sites for hydroxylation is 1. The molecular formula is C23H23Cl2NO3. The highest BCUT2D eigenvalue weighted by Crippen LogP contribution is 2.35. The molecule has 0 aliphatic rings. The molecule has 0 fully saturated rings. The van der Waals surface area contributed by atoms with E-state index < -0.39 is 0 Å². The zero-order valence-corrected chi connectivity index (χ0v) is 17.8. The molecule has 0 amide bonds. The summed E-state index contributed by atoms with van der Waals surface area (Å²) in [6.45, 7) is 5.55. The summed E-state index contributed by atoms with van der Waals surface area (Å²) in [5.41, 5.74) is 4.05. The van der Waals surface area contributed by atoms with Gasteiger partial charge < -0.3 is 19.9 Å². The monoisotopic (exact) mass is 431 g/mol. The summed E-state index contributed by atoms with van der Waals surface area (Å²) in [5, 5.41) is 13.3. The molecule has 0 spiro atoms.